The number of rotatable bonds is 8. The molecule has 0 bridgehead atoms. The SMILES string of the molecule is COCCCS(=O)(=O)c1ccc(-c2[nH]nc(C(F)(F)F)c2-c2ccc(OC)c(Cl)c2)cc1. The molecule has 2 aromatic carbocycles. The number of H-pyrrole nitrogens is 1. The van der Waals surface area contributed by atoms with Crippen LogP contribution in [0.1, 0.15) is 12.1 Å². The molecule has 0 amide bonds. The van der Waals surface area contributed by atoms with Crippen molar-refractivity contribution in [3.05, 3.63) is 53.2 Å². The molecule has 0 saturated carbocycles. The lowest BCUT2D eigenvalue weighted by molar-refractivity contribution is -0.140. The molecule has 0 spiro atoms. The van der Waals surface area contributed by atoms with Gasteiger partial charge in [-0.3, -0.25) is 5.10 Å². The fraction of sp³-hybridized carbons (Fsp3) is 0.286. The molecule has 1 aromatic heterocycles. The van der Waals surface area contributed by atoms with Crippen LogP contribution in [0.5, 0.6) is 5.75 Å². The highest BCUT2D eigenvalue weighted by atomic mass is 35.5. The van der Waals surface area contributed by atoms with Gasteiger partial charge in [0.05, 0.1) is 28.5 Å². The normalized spacial score (nSPS) is 12.2. The number of alkyl halides is 3. The third-order valence-corrected chi connectivity index (χ3v) is 6.85. The first-order valence-corrected chi connectivity index (χ1v) is 11.4. The molecule has 0 radical (unpaired) electrons. The summed E-state index contributed by atoms with van der Waals surface area (Å²) in [5, 5.41) is 6.05. The van der Waals surface area contributed by atoms with Crippen LogP contribution in [0.4, 0.5) is 13.2 Å². The summed E-state index contributed by atoms with van der Waals surface area (Å²) in [7, 11) is -0.663. The van der Waals surface area contributed by atoms with E-state index < -0.39 is 21.7 Å². The predicted molar refractivity (Wildman–Crippen MR) is 115 cm³/mol. The standard InChI is InChI=1S/C21H20ClF3N2O4S/c1-30-10-3-11-32(28,29)15-7-4-13(5-8-15)19-18(20(27-26-19)21(23,24)25)14-6-9-17(31-2)16(22)12-14/h4-9,12H,3,10-11H2,1-2H3,(H,26,27). The Bertz CT molecular complexity index is 1190. The van der Waals surface area contributed by atoms with Crippen molar-refractivity contribution in [2.24, 2.45) is 0 Å². The first kappa shape index (κ1) is 24.1. The molecular formula is C21H20ClF3N2O4S. The van der Waals surface area contributed by atoms with Gasteiger partial charge in [0.25, 0.3) is 0 Å². The summed E-state index contributed by atoms with van der Waals surface area (Å²) in [5.74, 6) is 0.218. The van der Waals surface area contributed by atoms with Gasteiger partial charge in [-0.15, -0.1) is 0 Å². The van der Waals surface area contributed by atoms with Crippen molar-refractivity contribution >= 4 is 21.4 Å². The quantitative estimate of drug-likeness (QED) is 0.439. The number of ether oxygens (including phenoxy) is 2. The van der Waals surface area contributed by atoms with Crippen LogP contribution in [-0.2, 0) is 20.8 Å². The topological polar surface area (TPSA) is 81.3 Å². The van der Waals surface area contributed by atoms with Crippen molar-refractivity contribution in [2.45, 2.75) is 17.5 Å². The minimum absolute atomic E-state index is 0.0713. The maximum Gasteiger partial charge on any atom is 0.435 e. The molecule has 0 aliphatic carbocycles. The summed E-state index contributed by atoms with van der Waals surface area (Å²) in [6, 6.07) is 9.86. The minimum atomic E-state index is -4.72. The highest BCUT2D eigenvalue weighted by molar-refractivity contribution is 7.91. The Hall–Kier alpha value is -2.56. The maximum absolute atomic E-state index is 13.6. The van der Waals surface area contributed by atoms with Crippen molar-refractivity contribution < 1.29 is 31.1 Å². The third-order valence-electron chi connectivity index (χ3n) is 4.74. The summed E-state index contributed by atoms with van der Waals surface area (Å²) in [6.45, 7) is 0.305. The van der Waals surface area contributed by atoms with Gasteiger partial charge in [0.2, 0.25) is 0 Å². The Labute approximate surface area is 188 Å². The Morgan fingerprint density at radius 2 is 1.72 bits per heavy atom. The number of methoxy groups -OCH3 is 2. The van der Waals surface area contributed by atoms with Crippen LogP contribution in [0, 0.1) is 0 Å². The third kappa shape index (κ3) is 5.08. The lowest BCUT2D eigenvalue weighted by atomic mass is 9.98. The Morgan fingerprint density at radius 1 is 1.06 bits per heavy atom. The largest absolute Gasteiger partial charge is 0.495 e. The molecule has 0 aliphatic heterocycles. The van der Waals surface area contributed by atoms with Crippen molar-refractivity contribution in [2.75, 3.05) is 26.6 Å². The lowest BCUT2D eigenvalue weighted by Gasteiger charge is -2.11. The van der Waals surface area contributed by atoms with E-state index in [1.54, 1.807) is 0 Å². The molecule has 32 heavy (non-hydrogen) atoms. The average molecular weight is 489 g/mol. The van der Waals surface area contributed by atoms with Crippen LogP contribution in [-0.4, -0.2) is 45.2 Å². The molecular weight excluding hydrogens is 469 g/mol. The lowest BCUT2D eigenvalue weighted by Crippen LogP contribution is -2.08. The second-order valence-electron chi connectivity index (χ2n) is 6.86. The zero-order valence-electron chi connectivity index (χ0n) is 17.2. The van der Waals surface area contributed by atoms with Gasteiger partial charge in [0.15, 0.2) is 15.5 Å². The van der Waals surface area contributed by atoms with Crippen molar-refractivity contribution in [1.29, 1.82) is 0 Å². The summed E-state index contributed by atoms with van der Waals surface area (Å²) in [5.41, 5.74) is -0.696. The van der Waals surface area contributed by atoms with Crippen LogP contribution < -0.4 is 4.74 Å². The van der Waals surface area contributed by atoms with Gasteiger partial charge >= 0.3 is 6.18 Å². The maximum atomic E-state index is 13.6. The molecule has 11 heteroatoms. The van der Waals surface area contributed by atoms with E-state index in [0.29, 0.717) is 24.3 Å². The summed E-state index contributed by atoms with van der Waals surface area (Å²) >= 11 is 6.12. The molecule has 0 saturated heterocycles. The summed E-state index contributed by atoms with van der Waals surface area (Å²) in [6.07, 6.45) is -4.39. The summed E-state index contributed by atoms with van der Waals surface area (Å²) < 4.78 is 75.7. The number of aromatic amines is 1. The zero-order chi connectivity index (χ0) is 23.5. The highest BCUT2D eigenvalue weighted by Gasteiger charge is 2.38. The molecule has 0 unspecified atom stereocenters. The van der Waals surface area contributed by atoms with Gasteiger partial charge in [-0.05, 0) is 36.2 Å². The zero-order valence-corrected chi connectivity index (χ0v) is 18.7. The van der Waals surface area contributed by atoms with Gasteiger partial charge in [0, 0.05) is 24.8 Å². The van der Waals surface area contributed by atoms with Gasteiger partial charge in [-0.2, -0.15) is 18.3 Å². The highest BCUT2D eigenvalue weighted by Crippen LogP contribution is 2.42. The average Bonchev–Trinajstić information content (AvgIpc) is 3.19. The van der Waals surface area contributed by atoms with Crippen LogP contribution >= 0.6 is 11.6 Å². The van der Waals surface area contributed by atoms with Crippen LogP contribution in [0.3, 0.4) is 0 Å². The molecule has 1 N–H and O–H groups in total. The van der Waals surface area contributed by atoms with Gasteiger partial charge in [-0.25, -0.2) is 8.42 Å². The van der Waals surface area contributed by atoms with E-state index >= 15 is 0 Å². The van der Waals surface area contributed by atoms with E-state index in [-0.39, 0.29) is 32.5 Å². The van der Waals surface area contributed by atoms with Crippen molar-refractivity contribution in [3.8, 4) is 28.1 Å². The fourth-order valence-electron chi connectivity index (χ4n) is 3.20. The number of hydrogen-bond donors (Lipinski definition) is 1. The van der Waals surface area contributed by atoms with Crippen molar-refractivity contribution in [3.63, 3.8) is 0 Å². The number of nitrogens with one attached hydrogen (secondary N) is 1. The molecule has 0 aliphatic rings. The van der Waals surface area contributed by atoms with E-state index in [1.807, 2.05) is 0 Å². The first-order valence-electron chi connectivity index (χ1n) is 9.40. The monoisotopic (exact) mass is 488 g/mol. The molecule has 172 valence electrons. The second kappa shape index (κ2) is 9.51. The smallest absolute Gasteiger partial charge is 0.435 e. The van der Waals surface area contributed by atoms with E-state index in [4.69, 9.17) is 21.1 Å². The number of hydrogen-bond acceptors (Lipinski definition) is 5. The molecule has 0 fully saturated rings. The minimum Gasteiger partial charge on any atom is -0.495 e. The van der Waals surface area contributed by atoms with E-state index in [0.717, 1.165) is 0 Å². The van der Waals surface area contributed by atoms with Gasteiger partial charge < -0.3 is 9.47 Å². The molecule has 6 nitrogen and oxygen atoms in total. The van der Waals surface area contributed by atoms with Crippen LogP contribution in [0.25, 0.3) is 22.4 Å². The Balaban J connectivity index is 2.05. The van der Waals surface area contributed by atoms with Crippen molar-refractivity contribution in [1.82, 2.24) is 10.2 Å². The predicted octanol–water partition coefficient (Wildman–Crippen LogP) is 5.23. The number of nitrogens with zero attached hydrogens (tertiary/aromatic N) is 1. The van der Waals surface area contributed by atoms with Gasteiger partial charge in [0.1, 0.15) is 5.75 Å². The van der Waals surface area contributed by atoms with E-state index in [9.17, 15) is 21.6 Å². The van der Waals surface area contributed by atoms with E-state index in [1.165, 1.54) is 56.7 Å². The van der Waals surface area contributed by atoms with Crippen LogP contribution in [0.15, 0.2) is 47.4 Å². The summed E-state index contributed by atoms with van der Waals surface area (Å²) in [4.78, 5) is 0.0713. The Morgan fingerprint density at radius 3 is 2.28 bits per heavy atom. The fourth-order valence-corrected chi connectivity index (χ4v) is 4.74. The van der Waals surface area contributed by atoms with Crippen LogP contribution in [0.2, 0.25) is 5.02 Å². The van der Waals surface area contributed by atoms with Gasteiger partial charge in [-0.1, -0.05) is 29.8 Å². The molecule has 3 aromatic rings. The number of aromatic nitrogens is 2. The number of benzene rings is 2. The number of halogens is 4. The molecule has 1 heterocycles. The number of sulfone groups is 1. The van der Waals surface area contributed by atoms with E-state index in [2.05, 4.69) is 10.2 Å². The molecule has 0 atom stereocenters. The second-order valence-corrected chi connectivity index (χ2v) is 9.38. The first-order chi connectivity index (χ1) is 15.1. The molecule has 3 rings (SSSR count). The Kier molecular flexibility index (Phi) is 7.16.